The van der Waals surface area contributed by atoms with Crippen molar-refractivity contribution >= 4 is 28.0 Å². The van der Waals surface area contributed by atoms with Crippen molar-refractivity contribution in [1.29, 1.82) is 0 Å². The molecule has 0 atom stereocenters. The lowest BCUT2D eigenvalue weighted by molar-refractivity contribution is -0.352. The Morgan fingerprint density at radius 3 is 2.04 bits per heavy atom. The van der Waals surface area contributed by atoms with E-state index in [1.165, 1.54) is 10.8 Å². The van der Waals surface area contributed by atoms with Crippen LogP contribution in [0, 0.1) is 0 Å². The third-order valence-electron chi connectivity index (χ3n) is 4.15. The molecule has 4 aromatic rings. The Bertz CT molecular complexity index is 1000. The number of benzene rings is 4. The first-order valence-corrected chi connectivity index (χ1v) is 8.39. The number of hydrogen-bond donors (Lipinski definition) is 2. The second-order valence-electron chi connectivity index (χ2n) is 5.88. The Labute approximate surface area is 147 Å². The molecule has 2 nitrogen and oxygen atoms in total. The maximum Gasteiger partial charge on any atom is 0.285 e. The van der Waals surface area contributed by atoms with Gasteiger partial charge in [0.25, 0.3) is 5.84 Å². The first kappa shape index (κ1) is 15.2. The van der Waals surface area contributed by atoms with Gasteiger partial charge in [-0.15, -0.1) is 0 Å². The predicted molar refractivity (Wildman–Crippen MR) is 105 cm³/mol. The van der Waals surface area contributed by atoms with Crippen LogP contribution < -0.4 is 10.3 Å². The lowest BCUT2D eigenvalue weighted by atomic mass is 10.0. The van der Waals surface area contributed by atoms with Crippen molar-refractivity contribution in [2.45, 2.75) is 0 Å². The second-order valence-corrected chi connectivity index (χ2v) is 5.88. The number of nitrogens with one attached hydrogen (secondary N) is 2. The van der Waals surface area contributed by atoms with E-state index in [0.29, 0.717) is 0 Å². The van der Waals surface area contributed by atoms with E-state index in [1.54, 1.807) is 0 Å². The van der Waals surface area contributed by atoms with Crippen LogP contribution in [0.1, 0.15) is 5.56 Å². The highest BCUT2D eigenvalue weighted by Crippen LogP contribution is 2.19. The fourth-order valence-electron chi connectivity index (χ4n) is 2.94. The number of amidine groups is 1. The molecular formula is C23H19N2+. The molecule has 0 unspecified atom stereocenters. The lowest BCUT2D eigenvalue weighted by Crippen LogP contribution is -2.68. The maximum absolute atomic E-state index is 3.54. The summed E-state index contributed by atoms with van der Waals surface area (Å²) >= 11 is 0. The van der Waals surface area contributed by atoms with Crippen molar-refractivity contribution in [3.8, 4) is 0 Å². The number of rotatable bonds is 3. The molecule has 0 heterocycles. The third kappa shape index (κ3) is 3.43. The average Bonchev–Trinajstić information content (AvgIpc) is 2.69. The molecule has 0 saturated carbocycles. The van der Waals surface area contributed by atoms with E-state index in [1.807, 2.05) is 36.4 Å². The molecule has 0 aromatic heterocycles. The third-order valence-corrected chi connectivity index (χ3v) is 4.15. The monoisotopic (exact) mass is 323 g/mol. The van der Waals surface area contributed by atoms with Crippen molar-refractivity contribution in [2.75, 3.05) is 5.32 Å². The molecule has 2 N–H and O–H groups in total. The minimum atomic E-state index is 0.967. The number of fused-ring (bicyclic) bond motifs is 1. The molecule has 0 saturated heterocycles. The van der Waals surface area contributed by atoms with Gasteiger partial charge in [-0.2, -0.15) is 0 Å². The van der Waals surface area contributed by atoms with Crippen LogP contribution in [-0.4, -0.2) is 5.84 Å². The van der Waals surface area contributed by atoms with Gasteiger partial charge in [0.2, 0.25) is 0 Å². The Kier molecular flexibility index (Phi) is 4.25. The molecule has 0 aliphatic rings. The van der Waals surface area contributed by atoms with E-state index in [2.05, 4.69) is 77.0 Å². The van der Waals surface area contributed by atoms with Gasteiger partial charge >= 0.3 is 0 Å². The van der Waals surface area contributed by atoms with Gasteiger partial charge < -0.3 is 0 Å². The highest BCUT2D eigenvalue weighted by atomic mass is 15.0. The largest absolute Gasteiger partial charge is 0.285 e. The van der Waals surface area contributed by atoms with E-state index in [4.69, 9.17) is 0 Å². The molecule has 25 heavy (non-hydrogen) atoms. The van der Waals surface area contributed by atoms with E-state index in [0.717, 1.165) is 22.8 Å². The van der Waals surface area contributed by atoms with Crippen LogP contribution in [0.5, 0.6) is 0 Å². The summed E-state index contributed by atoms with van der Waals surface area (Å²) in [5, 5.41) is 5.98. The number of anilines is 1. The molecule has 0 amide bonds. The van der Waals surface area contributed by atoms with E-state index in [9.17, 15) is 0 Å². The van der Waals surface area contributed by atoms with Crippen molar-refractivity contribution < 1.29 is 4.99 Å². The fourth-order valence-corrected chi connectivity index (χ4v) is 2.94. The molecule has 4 aromatic carbocycles. The zero-order chi connectivity index (χ0) is 16.9. The number of hydrogen-bond acceptors (Lipinski definition) is 0. The molecule has 0 fully saturated rings. The second kappa shape index (κ2) is 7.02. The van der Waals surface area contributed by atoms with Crippen LogP contribution in [-0.2, 0) is 0 Å². The predicted octanol–water partition coefficient (Wildman–Crippen LogP) is 4.11. The molecule has 4 rings (SSSR count). The van der Waals surface area contributed by atoms with Crippen LogP contribution in [0.4, 0.5) is 11.4 Å². The van der Waals surface area contributed by atoms with Gasteiger partial charge in [0, 0.05) is 0 Å². The minimum Gasteiger partial charge on any atom is -0.240 e. The summed E-state index contributed by atoms with van der Waals surface area (Å²) < 4.78 is 0. The molecule has 2 heteroatoms. The average molecular weight is 323 g/mol. The maximum atomic E-state index is 3.54. The van der Waals surface area contributed by atoms with Gasteiger partial charge in [-0.05, 0) is 41.1 Å². The Hall–Kier alpha value is -3.39. The molecule has 0 aliphatic carbocycles. The van der Waals surface area contributed by atoms with Gasteiger partial charge in [0.05, 0.1) is 5.56 Å². The van der Waals surface area contributed by atoms with Crippen LogP contribution in [0.2, 0.25) is 0 Å². The molecule has 0 spiro atoms. The zero-order valence-electron chi connectivity index (χ0n) is 13.8. The fraction of sp³-hybridized carbons (Fsp3) is 0. The van der Waals surface area contributed by atoms with E-state index in [-0.39, 0.29) is 0 Å². The Morgan fingerprint density at radius 2 is 1.24 bits per heavy atom. The molecule has 0 radical (unpaired) electrons. The molecule has 120 valence electrons. The van der Waals surface area contributed by atoms with Crippen molar-refractivity contribution in [3.63, 3.8) is 0 Å². The molecule has 0 aliphatic heterocycles. The van der Waals surface area contributed by atoms with Crippen molar-refractivity contribution in [2.24, 2.45) is 0 Å². The highest BCUT2D eigenvalue weighted by molar-refractivity contribution is 6.13. The van der Waals surface area contributed by atoms with Gasteiger partial charge in [-0.25, -0.2) is 10.3 Å². The standard InChI is InChI=1S/C23H18N2/c1-3-12-19(13-4-1)24-23(25-20-14-5-2-6-15-20)22-17-9-11-18-10-7-8-16-21(18)22/h1-17H,(H,24,25)/p+1. The summed E-state index contributed by atoms with van der Waals surface area (Å²) in [4.78, 5) is 3.54. The summed E-state index contributed by atoms with van der Waals surface area (Å²) in [5.74, 6) is 0.967. The summed E-state index contributed by atoms with van der Waals surface area (Å²) in [5.41, 5.74) is 3.24. The topological polar surface area (TPSA) is 26.0 Å². The van der Waals surface area contributed by atoms with Gasteiger partial charge in [-0.3, -0.25) is 0 Å². The Balaban J connectivity index is 1.86. The lowest BCUT2D eigenvalue weighted by Gasteiger charge is -2.07. The van der Waals surface area contributed by atoms with Crippen molar-refractivity contribution in [1.82, 2.24) is 0 Å². The van der Waals surface area contributed by atoms with E-state index < -0.39 is 0 Å². The van der Waals surface area contributed by atoms with Gasteiger partial charge in [0.1, 0.15) is 11.4 Å². The van der Waals surface area contributed by atoms with Gasteiger partial charge in [0.15, 0.2) is 0 Å². The highest BCUT2D eigenvalue weighted by Gasteiger charge is 2.15. The summed E-state index contributed by atoms with van der Waals surface area (Å²) in [6, 6.07) is 35.3. The van der Waals surface area contributed by atoms with Crippen LogP contribution in [0.25, 0.3) is 10.8 Å². The smallest absolute Gasteiger partial charge is 0.240 e. The minimum absolute atomic E-state index is 0.967. The summed E-state index contributed by atoms with van der Waals surface area (Å²) in [6.07, 6.45) is 0. The summed E-state index contributed by atoms with van der Waals surface area (Å²) in [7, 11) is 0. The van der Waals surface area contributed by atoms with E-state index >= 15 is 0 Å². The quantitative estimate of drug-likeness (QED) is 0.431. The van der Waals surface area contributed by atoms with Gasteiger partial charge in [-0.1, -0.05) is 72.8 Å². The summed E-state index contributed by atoms with van der Waals surface area (Å²) in [6.45, 7) is 0. The molecular weight excluding hydrogens is 304 g/mol. The normalized spacial score (nSPS) is 11.4. The van der Waals surface area contributed by atoms with Crippen LogP contribution in [0.3, 0.4) is 0 Å². The first-order chi connectivity index (χ1) is 12.4. The number of para-hydroxylation sites is 2. The van der Waals surface area contributed by atoms with Crippen LogP contribution in [0.15, 0.2) is 103 Å². The Morgan fingerprint density at radius 1 is 0.600 bits per heavy atom. The van der Waals surface area contributed by atoms with Crippen LogP contribution >= 0.6 is 0 Å². The SMILES string of the molecule is c1ccc(NC(=[NH+]c2ccccc2)c2cccc3ccccc23)cc1. The van der Waals surface area contributed by atoms with Crippen molar-refractivity contribution in [3.05, 3.63) is 109 Å². The zero-order valence-corrected chi connectivity index (χ0v) is 13.8. The first-order valence-electron chi connectivity index (χ1n) is 8.39. The molecule has 0 bridgehead atoms.